The molecule has 0 fully saturated rings. The van der Waals surface area contributed by atoms with Gasteiger partial charge in [0.2, 0.25) is 17.7 Å². The van der Waals surface area contributed by atoms with Crippen LogP contribution in [0.2, 0.25) is 0 Å². The number of carbonyl (C=O) groups is 7. The molecule has 3 aromatic rings. The largest absolute Gasteiger partial charge is 0.480 e. The number of halogens is 2. The van der Waals surface area contributed by atoms with Gasteiger partial charge in [-0.05, 0) is 53.8 Å². The van der Waals surface area contributed by atoms with Crippen molar-refractivity contribution in [1.29, 1.82) is 0 Å². The highest BCUT2D eigenvalue weighted by atomic mass is 32.2. The molecule has 1 aliphatic heterocycles. The summed E-state index contributed by atoms with van der Waals surface area (Å²) in [6.45, 7) is 8.06. The van der Waals surface area contributed by atoms with Crippen molar-refractivity contribution >= 4 is 53.2 Å². The molecule has 4 rings (SSSR count). The number of hydrogen-bond donors (Lipinski definition) is 5. The Kier molecular flexibility index (Phi) is 24.5. The Balaban J connectivity index is 1.19. The van der Waals surface area contributed by atoms with Gasteiger partial charge < -0.3 is 55.0 Å². The number of carboxylic acids is 2. The summed E-state index contributed by atoms with van der Waals surface area (Å²) in [4.78, 5) is 88.4. The minimum Gasteiger partial charge on any atom is -0.480 e. The molecular weight excluding hydrogens is 963 g/mol. The fourth-order valence-electron chi connectivity index (χ4n) is 7.52. The van der Waals surface area contributed by atoms with Crippen LogP contribution in [0.3, 0.4) is 0 Å². The van der Waals surface area contributed by atoms with Crippen LogP contribution in [-0.4, -0.2) is 162 Å². The first-order chi connectivity index (χ1) is 34.3. The molecule has 19 nitrogen and oxygen atoms in total. The zero-order chi connectivity index (χ0) is 52.6. The van der Waals surface area contributed by atoms with Crippen LogP contribution in [0.15, 0.2) is 72.9 Å². The number of hydrogen-bond acceptors (Lipinski definition) is 13. The number of nitrogens with one attached hydrogen (secondary N) is 2. The van der Waals surface area contributed by atoms with Gasteiger partial charge in [0.05, 0.1) is 64.6 Å². The van der Waals surface area contributed by atoms with E-state index in [1.807, 2.05) is 55.7 Å². The maximum Gasteiger partial charge on any atom is 0.326 e. The summed E-state index contributed by atoms with van der Waals surface area (Å²) in [5, 5.41) is 24.7. The fourth-order valence-corrected chi connectivity index (χ4v) is 8.41. The topological polar surface area (TPSA) is 258 Å². The number of carbonyl (C=O) groups excluding carboxylic acids is 5. The van der Waals surface area contributed by atoms with Gasteiger partial charge in [-0.15, -0.1) is 0 Å². The van der Waals surface area contributed by atoms with Crippen LogP contribution >= 0.6 is 11.8 Å². The minimum absolute atomic E-state index is 0.00473. The van der Waals surface area contributed by atoms with E-state index >= 15 is 4.39 Å². The Hall–Kier alpha value is -6.04. The van der Waals surface area contributed by atoms with Crippen LogP contribution in [0.4, 0.5) is 8.78 Å². The molecule has 0 saturated carbocycles. The number of imide groups is 1. The Bertz CT molecular complexity index is 2290. The van der Waals surface area contributed by atoms with E-state index in [1.165, 1.54) is 0 Å². The number of aromatic nitrogens is 1. The minimum atomic E-state index is -1.28. The predicted octanol–water partition coefficient (Wildman–Crippen LogP) is 3.78. The third kappa shape index (κ3) is 19.9. The lowest BCUT2D eigenvalue weighted by Crippen LogP contribution is -2.45. The molecule has 72 heavy (non-hydrogen) atoms. The van der Waals surface area contributed by atoms with Crippen LogP contribution in [0.1, 0.15) is 63.8 Å². The summed E-state index contributed by atoms with van der Waals surface area (Å²) in [6, 6.07) is 11.1. The molecule has 1 aliphatic rings. The van der Waals surface area contributed by atoms with Gasteiger partial charge >= 0.3 is 11.9 Å². The average Bonchev–Trinajstić information content (AvgIpc) is 3.89. The van der Waals surface area contributed by atoms with Gasteiger partial charge in [0.25, 0.3) is 11.8 Å². The number of nitrogens with two attached hydrogens (primary N) is 1. The van der Waals surface area contributed by atoms with Crippen LogP contribution in [-0.2, 0) is 59.1 Å². The third-order valence-corrected chi connectivity index (χ3v) is 12.1. The number of thioether (sulfide) groups is 1. The van der Waals surface area contributed by atoms with E-state index in [0.717, 1.165) is 52.6 Å². The van der Waals surface area contributed by atoms with Crippen molar-refractivity contribution in [3.63, 3.8) is 0 Å². The van der Waals surface area contributed by atoms with Crippen molar-refractivity contribution in [2.75, 3.05) is 84.0 Å². The first-order valence-corrected chi connectivity index (χ1v) is 24.7. The van der Waals surface area contributed by atoms with Crippen molar-refractivity contribution in [1.82, 2.24) is 25.0 Å². The van der Waals surface area contributed by atoms with Gasteiger partial charge in [-0.3, -0.25) is 33.7 Å². The quantitative estimate of drug-likeness (QED) is 0.0421. The maximum absolute atomic E-state index is 15.2. The summed E-state index contributed by atoms with van der Waals surface area (Å²) in [6.07, 6.45) is 3.81. The lowest BCUT2D eigenvalue weighted by molar-refractivity contribution is -0.142. The molecule has 2 aromatic carbocycles. The normalized spacial score (nSPS) is 13.8. The zero-order valence-corrected chi connectivity index (χ0v) is 41.7. The number of amides is 5. The van der Waals surface area contributed by atoms with Gasteiger partial charge in [0, 0.05) is 74.2 Å². The summed E-state index contributed by atoms with van der Waals surface area (Å²) in [5.74, 6) is -5.85. The van der Waals surface area contributed by atoms with E-state index < -0.39 is 64.8 Å². The Morgan fingerprint density at radius 2 is 1.42 bits per heavy atom. The SMILES string of the molecule is CC(C)(C)[C@H](c1cc(-c2cc(F)ccc2F)cn1Cc1ccccc1)N(CC[C@H](N)C(=O)O)C(=O)CSCC[C@H](NC(=O)CCOCCOCCOCCOCCNC(=O)CCN1C(=O)C=CC1=O)C(=O)O. The number of nitrogens with zero attached hydrogens (tertiary/aromatic N) is 3. The second-order valence-corrected chi connectivity index (χ2v) is 18.8. The highest BCUT2D eigenvalue weighted by Gasteiger charge is 2.38. The summed E-state index contributed by atoms with van der Waals surface area (Å²) in [7, 11) is 0. The summed E-state index contributed by atoms with van der Waals surface area (Å²) >= 11 is 1.15. The molecule has 394 valence electrons. The highest BCUT2D eigenvalue weighted by Crippen LogP contribution is 2.41. The number of benzene rings is 2. The molecule has 1 aromatic heterocycles. The molecule has 2 heterocycles. The first-order valence-electron chi connectivity index (χ1n) is 23.5. The molecule has 0 saturated heterocycles. The molecule has 0 spiro atoms. The van der Waals surface area contributed by atoms with Crippen molar-refractivity contribution in [2.45, 2.75) is 71.1 Å². The lowest BCUT2D eigenvalue weighted by atomic mass is 9.82. The van der Waals surface area contributed by atoms with Crippen molar-refractivity contribution < 1.29 is 71.5 Å². The standard InChI is InChI=1S/C50H66F2N6O13S/c1-50(2,3)47(41-29-35(37-30-36(51)9-10-38(37)52)32-56(41)31-34-7-5-4-6-8-34)58(18-13-39(53)48(64)65)46(63)33-72-28-16-40(49(66)67)55-43(60)15-20-68-22-24-70-26-27-71-25-23-69-21-17-54-42(59)14-19-57-44(61)11-12-45(57)62/h4-12,29-30,32,39-40,47H,13-28,31,33,53H2,1-3H3,(H,54,59)(H,55,60)(H,64,65)(H,66,67)/t39-,40-,47-/m0/s1. The van der Waals surface area contributed by atoms with Crippen molar-refractivity contribution in [3.05, 3.63) is 95.8 Å². The third-order valence-electron chi connectivity index (χ3n) is 11.1. The predicted molar refractivity (Wildman–Crippen MR) is 262 cm³/mol. The summed E-state index contributed by atoms with van der Waals surface area (Å²) in [5.41, 5.74) is 7.13. The molecule has 0 bridgehead atoms. The second kappa shape index (κ2) is 30.1. The highest BCUT2D eigenvalue weighted by molar-refractivity contribution is 7.99. The van der Waals surface area contributed by atoms with Crippen molar-refractivity contribution in [3.8, 4) is 11.1 Å². The Morgan fingerprint density at radius 1 is 0.792 bits per heavy atom. The second-order valence-electron chi connectivity index (χ2n) is 17.7. The monoisotopic (exact) mass is 1030 g/mol. The molecule has 3 atom stereocenters. The molecule has 6 N–H and O–H groups in total. The van der Waals surface area contributed by atoms with Gasteiger partial charge in [-0.2, -0.15) is 11.8 Å². The molecule has 0 radical (unpaired) electrons. The molecule has 0 aliphatic carbocycles. The molecule has 22 heteroatoms. The van der Waals surface area contributed by atoms with E-state index in [2.05, 4.69) is 10.6 Å². The van der Waals surface area contributed by atoms with E-state index in [9.17, 15) is 48.2 Å². The smallest absolute Gasteiger partial charge is 0.326 e. The zero-order valence-electron chi connectivity index (χ0n) is 40.9. The lowest BCUT2D eigenvalue weighted by Gasteiger charge is -2.41. The number of ether oxygens (including phenoxy) is 4. The number of rotatable bonds is 34. The van der Waals surface area contributed by atoms with E-state index in [0.29, 0.717) is 31.0 Å². The maximum atomic E-state index is 15.2. The Morgan fingerprint density at radius 3 is 2.03 bits per heavy atom. The van der Waals surface area contributed by atoms with Crippen LogP contribution < -0.4 is 16.4 Å². The molecule has 5 amide bonds. The van der Waals surface area contributed by atoms with E-state index in [1.54, 1.807) is 17.2 Å². The van der Waals surface area contributed by atoms with Crippen LogP contribution in [0.5, 0.6) is 0 Å². The van der Waals surface area contributed by atoms with Gasteiger partial charge in [-0.25, -0.2) is 13.6 Å². The van der Waals surface area contributed by atoms with E-state index in [-0.39, 0.29) is 114 Å². The number of aliphatic carboxylic acids is 2. The summed E-state index contributed by atoms with van der Waals surface area (Å²) < 4.78 is 53.3. The fraction of sp³-hybridized carbons (Fsp3) is 0.500. The average molecular weight is 1030 g/mol. The molecular formula is C50H66F2N6O13S. The molecule has 0 unspecified atom stereocenters. The van der Waals surface area contributed by atoms with Gasteiger partial charge in [0.1, 0.15) is 23.7 Å². The van der Waals surface area contributed by atoms with Crippen LogP contribution in [0.25, 0.3) is 11.1 Å². The van der Waals surface area contributed by atoms with E-state index in [4.69, 9.17) is 24.7 Å². The van der Waals surface area contributed by atoms with Gasteiger partial charge in [0.15, 0.2) is 0 Å². The first kappa shape index (κ1) is 58.5. The number of carboxylic acid groups (broad SMARTS) is 2. The van der Waals surface area contributed by atoms with Crippen LogP contribution in [0, 0.1) is 17.0 Å². The van der Waals surface area contributed by atoms with Gasteiger partial charge in [-0.1, -0.05) is 51.1 Å². The van der Waals surface area contributed by atoms with Crippen molar-refractivity contribution in [2.24, 2.45) is 11.1 Å². The Labute approximate surface area is 421 Å².